The van der Waals surface area contributed by atoms with E-state index >= 15 is 0 Å². The molecule has 0 fully saturated rings. The molecule has 4 aromatic rings. The van der Waals surface area contributed by atoms with Crippen molar-refractivity contribution in [2.75, 3.05) is 4.90 Å². The van der Waals surface area contributed by atoms with Crippen LogP contribution in [0, 0.1) is 13.8 Å². The van der Waals surface area contributed by atoms with Gasteiger partial charge in [0.15, 0.2) is 5.43 Å². The second kappa shape index (κ2) is 6.56. The van der Waals surface area contributed by atoms with Gasteiger partial charge in [0.25, 0.3) is 5.91 Å². The number of carbonyl (C=O) groups excluding carboxylic acids is 1. The SMILES string of the molecule is Cc1ccc2oc3c(c(=O)c2c1)[C@H](c1ccc(O)cc1)N(c1cccc(C)n1)C3=O. The summed E-state index contributed by atoms with van der Waals surface area (Å²) in [6.45, 7) is 3.74. The smallest absolute Gasteiger partial charge is 0.296 e. The number of aromatic hydroxyl groups is 1. The topological polar surface area (TPSA) is 83.6 Å². The van der Waals surface area contributed by atoms with Crippen LogP contribution in [0.4, 0.5) is 5.82 Å². The molecule has 1 aliphatic heterocycles. The zero-order valence-electron chi connectivity index (χ0n) is 16.4. The van der Waals surface area contributed by atoms with Crippen LogP contribution in [-0.4, -0.2) is 16.0 Å². The summed E-state index contributed by atoms with van der Waals surface area (Å²) in [5.74, 6) is 0.146. The van der Waals surface area contributed by atoms with E-state index in [1.807, 2.05) is 32.0 Å². The van der Waals surface area contributed by atoms with Crippen LogP contribution in [0.5, 0.6) is 5.75 Å². The van der Waals surface area contributed by atoms with Crippen molar-refractivity contribution in [2.24, 2.45) is 0 Å². The van der Waals surface area contributed by atoms with Crippen molar-refractivity contribution in [1.82, 2.24) is 4.98 Å². The molecule has 6 heteroatoms. The summed E-state index contributed by atoms with van der Waals surface area (Å²) in [4.78, 5) is 32.9. The van der Waals surface area contributed by atoms with E-state index in [9.17, 15) is 14.7 Å². The van der Waals surface area contributed by atoms with E-state index < -0.39 is 11.9 Å². The average molecular weight is 398 g/mol. The molecule has 3 heterocycles. The zero-order chi connectivity index (χ0) is 21.0. The van der Waals surface area contributed by atoms with Crippen LogP contribution in [0.15, 0.2) is 69.9 Å². The fourth-order valence-electron chi connectivity index (χ4n) is 3.96. The van der Waals surface area contributed by atoms with Crippen LogP contribution in [0.25, 0.3) is 11.0 Å². The molecule has 0 saturated heterocycles. The van der Waals surface area contributed by atoms with E-state index in [0.717, 1.165) is 11.3 Å². The number of benzene rings is 2. The Kier molecular flexibility index (Phi) is 3.96. The highest BCUT2D eigenvalue weighted by Gasteiger charge is 2.44. The maximum Gasteiger partial charge on any atom is 0.296 e. The number of aromatic nitrogens is 1. The number of phenols is 1. The first-order valence-corrected chi connectivity index (χ1v) is 9.57. The molecule has 0 unspecified atom stereocenters. The maximum atomic E-state index is 13.5. The first kappa shape index (κ1) is 18.1. The third kappa shape index (κ3) is 2.69. The number of hydrogen-bond acceptors (Lipinski definition) is 5. The van der Waals surface area contributed by atoms with Crippen molar-refractivity contribution in [2.45, 2.75) is 19.9 Å². The molecule has 0 bridgehead atoms. The molecule has 5 rings (SSSR count). The Hall–Kier alpha value is -3.93. The molecular weight excluding hydrogens is 380 g/mol. The van der Waals surface area contributed by atoms with Gasteiger partial charge in [0, 0.05) is 5.69 Å². The zero-order valence-corrected chi connectivity index (χ0v) is 16.4. The summed E-state index contributed by atoms with van der Waals surface area (Å²) >= 11 is 0. The Labute approximate surface area is 172 Å². The van der Waals surface area contributed by atoms with Gasteiger partial charge >= 0.3 is 0 Å². The van der Waals surface area contributed by atoms with Crippen molar-refractivity contribution >= 4 is 22.7 Å². The van der Waals surface area contributed by atoms with Crippen molar-refractivity contribution in [3.8, 4) is 5.75 Å². The average Bonchev–Trinajstić information content (AvgIpc) is 3.02. The van der Waals surface area contributed by atoms with Crippen LogP contribution >= 0.6 is 0 Å². The van der Waals surface area contributed by atoms with E-state index in [-0.39, 0.29) is 22.5 Å². The van der Waals surface area contributed by atoms with E-state index in [1.54, 1.807) is 30.3 Å². The summed E-state index contributed by atoms with van der Waals surface area (Å²) < 4.78 is 5.94. The molecule has 0 aliphatic carbocycles. The van der Waals surface area contributed by atoms with E-state index in [1.165, 1.54) is 17.0 Å². The maximum absolute atomic E-state index is 13.5. The molecule has 2 aromatic heterocycles. The molecule has 0 radical (unpaired) electrons. The fraction of sp³-hybridized carbons (Fsp3) is 0.125. The minimum absolute atomic E-state index is 0.0257. The second-order valence-electron chi connectivity index (χ2n) is 7.48. The van der Waals surface area contributed by atoms with Gasteiger partial charge in [-0.2, -0.15) is 0 Å². The number of anilines is 1. The fourth-order valence-corrected chi connectivity index (χ4v) is 3.96. The van der Waals surface area contributed by atoms with Crippen molar-refractivity contribution in [1.29, 1.82) is 0 Å². The third-order valence-electron chi connectivity index (χ3n) is 5.35. The number of fused-ring (bicyclic) bond motifs is 2. The number of pyridine rings is 1. The monoisotopic (exact) mass is 398 g/mol. The lowest BCUT2D eigenvalue weighted by Crippen LogP contribution is -2.30. The Morgan fingerprint density at radius 2 is 1.77 bits per heavy atom. The molecule has 1 atom stereocenters. The summed E-state index contributed by atoms with van der Waals surface area (Å²) in [5.41, 5.74) is 2.78. The highest BCUT2D eigenvalue weighted by Crippen LogP contribution is 2.40. The Morgan fingerprint density at radius 1 is 1.00 bits per heavy atom. The molecule has 30 heavy (non-hydrogen) atoms. The molecule has 148 valence electrons. The van der Waals surface area contributed by atoms with Gasteiger partial charge in [-0.15, -0.1) is 0 Å². The number of phenolic OH excluding ortho intramolecular Hbond substituents is 1. The van der Waals surface area contributed by atoms with E-state index in [2.05, 4.69) is 4.98 Å². The minimum Gasteiger partial charge on any atom is -0.508 e. The molecule has 0 spiro atoms. The number of carbonyl (C=O) groups is 1. The summed E-state index contributed by atoms with van der Waals surface area (Å²) in [5, 5.41) is 10.2. The van der Waals surface area contributed by atoms with Crippen LogP contribution in [0.3, 0.4) is 0 Å². The van der Waals surface area contributed by atoms with Crippen LogP contribution in [-0.2, 0) is 0 Å². The number of rotatable bonds is 2. The van der Waals surface area contributed by atoms with E-state index in [4.69, 9.17) is 4.42 Å². The first-order chi connectivity index (χ1) is 14.4. The Bertz CT molecular complexity index is 1370. The van der Waals surface area contributed by atoms with Gasteiger partial charge in [0.05, 0.1) is 17.0 Å². The highest BCUT2D eigenvalue weighted by atomic mass is 16.3. The third-order valence-corrected chi connectivity index (χ3v) is 5.35. The van der Waals surface area contributed by atoms with Crippen LogP contribution in [0.1, 0.15) is 39.0 Å². The van der Waals surface area contributed by atoms with Gasteiger partial charge in [-0.25, -0.2) is 4.98 Å². The summed E-state index contributed by atoms with van der Waals surface area (Å²) in [6.07, 6.45) is 0. The van der Waals surface area contributed by atoms with Gasteiger partial charge in [-0.05, 0) is 55.8 Å². The van der Waals surface area contributed by atoms with Crippen molar-refractivity contribution in [3.05, 3.63) is 99.0 Å². The number of nitrogens with zero attached hydrogens (tertiary/aromatic N) is 2. The van der Waals surface area contributed by atoms with E-state index in [0.29, 0.717) is 22.4 Å². The summed E-state index contributed by atoms with van der Waals surface area (Å²) in [7, 11) is 0. The number of amides is 1. The Morgan fingerprint density at radius 3 is 2.50 bits per heavy atom. The quantitative estimate of drug-likeness (QED) is 0.545. The minimum atomic E-state index is -0.705. The van der Waals surface area contributed by atoms with Crippen LogP contribution in [0.2, 0.25) is 0 Å². The molecule has 1 aliphatic rings. The number of hydrogen-bond donors (Lipinski definition) is 1. The molecule has 1 N–H and O–H groups in total. The molecular formula is C24H18N2O4. The van der Waals surface area contributed by atoms with Gasteiger partial charge < -0.3 is 9.52 Å². The van der Waals surface area contributed by atoms with Gasteiger partial charge in [-0.3, -0.25) is 14.5 Å². The van der Waals surface area contributed by atoms with Crippen molar-refractivity contribution < 1.29 is 14.3 Å². The normalized spacial score (nSPS) is 15.6. The lowest BCUT2D eigenvalue weighted by Gasteiger charge is -2.24. The van der Waals surface area contributed by atoms with Crippen molar-refractivity contribution in [3.63, 3.8) is 0 Å². The largest absolute Gasteiger partial charge is 0.508 e. The summed E-state index contributed by atoms with van der Waals surface area (Å²) in [6, 6.07) is 16.5. The lowest BCUT2D eigenvalue weighted by molar-refractivity contribution is 0.0970. The Balaban J connectivity index is 1.83. The predicted molar refractivity (Wildman–Crippen MR) is 113 cm³/mol. The molecule has 6 nitrogen and oxygen atoms in total. The molecule has 2 aromatic carbocycles. The van der Waals surface area contributed by atoms with Gasteiger partial charge in [-0.1, -0.05) is 29.8 Å². The van der Waals surface area contributed by atoms with Gasteiger partial charge in [0.1, 0.15) is 17.2 Å². The second-order valence-corrected chi connectivity index (χ2v) is 7.48. The molecule has 0 saturated carbocycles. The molecule has 1 amide bonds. The van der Waals surface area contributed by atoms with Crippen LogP contribution < -0.4 is 10.3 Å². The lowest BCUT2D eigenvalue weighted by atomic mass is 9.98. The van der Waals surface area contributed by atoms with Gasteiger partial charge in [0.2, 0.25) is 5.76 Å². The predicted octanol–water partition coefficient (Wildman–Crippen LogP) is 4.26. The standard InChI is InChI=1S/C24H18N2O4/c1-13-6-11-18-17(12-13)22(28)20-21(15-7-9-16(27)10-8-15)26(24(29)23(20)30-18)19-5-3-4-14(2)25-19/h3-12,21,27H,1-2H3/t21-/m0/s1. The number of aryl methyl sites for hydroxylation is 2. The first-order valence-electron chi connectivity index (χ1n) is 9.57. The highest BCUT2D eigenvalue weighted by molar-refractivity contribution is 6.10.